The Morgan fingerprint density at radius 1 is 0.943 bits per heavy atom. The van der Waals surface area contributed by atoms with E-state index in [0.29, 0.717) is 24.4 Å². The molecule has 6 nitrogen and oxygen atoms in total. The molecule has 0 bridgehead atoms. The quantitative estimate of drug-likeness (QED) is 0.345. The van der Waals surface area contributed by atoms with E-state index in [1.807, 2.05) is 79.7 Å². The summed E-state index contributed by atoms with van der Waals surface area (Å²) < 4.78 is 2.62. The van der Waals surface area contributed by atoms with Crippen LogP contribution in [0.3, 0.4) is 0 Å². The highest BCUT2D eigenvalue weighted by molar-refractivity contribution is 9.10. The Hall–Kier alpha value is -3.71. The molecule has 35 heavy (non-hydrogen) atoms. The highest BCUT2D eigenvalue weighted by Crippen LogP contribution is 2.21. The Kier molecular flexibility index (Phi) is 7.77. The van der Waals surface area contributed by atoms with Crippen molar-refractivity contribution in [2.24, 2.45) is 0 Å². The molecule has 1 unspecified atom stereocenters. The van der Waals surface area contributed by atoms with Gasteiger partial charge in [0.05, 0.1) is 12.2 Å². The highest BCUT2D eigenvalue weighted by atomic mass is 79.9. The zero-order valence-electron chi connectivity index (χ0n) is 19.7. The zero-order valence-corrected chi connectivity index (χ0v) is 21.2. The summed E-state index contributed by atoms with van der Waals surface area (Å²) in [6.07, 6.45) is 0.364. The molecule has 0 radical (unpaired) electrons. The molecule has 2 amide bonds. The first kappa shape index (κ1) is 24.4. The molecule has 0 aliphatic carbocycles. The number of nitrogens with zero attached hydrogens (tertiary/aromatic N) is 2. The fraction of sp³-hybridized carbons (Fsp3) is 0.179. The number of aromatic nitrogens is 2. The summed E-state index contributed by atoms with van der Waals surface area (Å²) in [5, 5.41) is 10.3. The molecule has 0 saturated carbocycles. The molecule has 2 N–H and O–H groups in total. The zero-order chi connectivity index (χ0) is 24.8. The van der Waals surface area contributed by atoms with Gasteiger partial charge in [-0.3, -0.25) is 14.3 Å². The minimum absolute atomic E-state index is 0.258. The van der Waals surface area contributed by atoms with Crippen LogP contribution in [0, 0.1) is 6.92 Å². The lowest BCUT2D eigenvalue weighted by molar-refractivity contribution is -0.122. The topological polar surface area (TPSA) is 76.0 Å². The number of nitrogens with one attached hydrogen (secondary N) is 2. The summed E-state index contributed by atoms with van der Waals surface area (Å²) in [5.41, 5.74) is 5.13. The third-order valence-electron chi connectivity index (χ3n) is 5.69. The van der Waals surface area contributed by atoms with Crippen LogP contribution in [-0.2, 0) is 17.8 Å². The third kappa shape index (κ3) is 6.25. The predicted molar refractivity (Wildman–Crippen MR) is 141 cm³/mol. The number of benzene rings is 3. The number of carbonyl (C=O) groups is 2. The third-order valence-corrected chi connectivity index (χ3v) is 6.19. The fourth-order valence-electron chi connectivity index (χ4n) is 3.97. The molecule has 0 aliphatic heterocycles. The van der Waals surface area contributed by atoms with E-state index >= 15 is 0 Å². The average Bonchev–Trinajstić information content (AvgIpc) is 3.27. The monoisotopic (exact) mass is 530 g/mol. The molecule has 7 heteroatoms. The van der Waals surface area contributed by atoms with Crippen LogP contribution in [0.5, 0.6) is 0 Å². The summed E-state index contributed by atoms with van der Waals surface area (Å²) in [7, 11) is 1.57. The van der Waals surface area contributed by atoms with Crippen LogP contribution < -0.4 is 10.6 Å². The van der Waals surface area contributed by atoms with Gasteiger partial charge in [-0.05, 0) is 36.2 Å². The maximum Gasteiger partial charge on any atom is 0.270 e. The van der Waals surface area contributed by atoms with Crippen molar-refractivity contribution >= 4 is 27.7 Å². The van der Waals surface area contributed by atoms with Crippen LogP contribution in [0.15, 0.2) is 89.4 Å². The maximum absolute atomic E-state index is 13.5. The lowest BCUT2D eigenvalue weighted by Gasteiger charge is -2.18. The number of halogens is 1. The number of likely N-dealkylation sites (N-methyl/N-ethyl adjacent to an activating group) is 1. The summed E-state index contributed by atoms with van der Waals surface area (Å²) >= 11 is 3.47. The predicted octanol–water partition coefficient (Wildman–Crippen LogP) is 4.76. The van der Waals surface area contributed by atoms with E-state index in [-0.39, 0.29) is 11.8 Å². The van der Waals surface area contributed by atoms with Gasteiger partial charge < -0.3 is 10.6 Å². The van der Waals surface area contributed by atoms with Crippen LogP contribution in [0.2, 0.25) is 0 Å². The van der Waals surface area contributed by atoms with Crippen molar-refractivity contribution in [1.29, 1.82) is 0 Å². The van der Waals surface area contributed by atoms with Crippen LogP contribution in [0.25, 0.3) is 11.3 Å². The van der Waals surface area contributed by atoms with Gasteiger partial charge in [0.2, 0.25) is 5.91 Å². The number of carbonyl (C=O) groups excluding carboxylic acids is 2. The van der Waals surface area contributed by atoms with Gasteiger partial charge in [0, 0.05) is 23.5 Å². The Morgan fingerprint density at radius 2 is 1.69 bits per heavy atom. The number of aryl methyl sites for hydroxylation is 1. The van der Waals surface area contributed by atoms with Crippen LogP contribution in [0.1, 0.15) is 27.2 Å². The molecule has 0 saturated heterocycles. The van der Waals surface area contributed by atoms with Gasteiger partial charge >= 0.3 is 0 Å². The van der Waals surface area contributed by atoms with Crippen LogP contribution >= 0.6 is 15.9 Å². The molecule has 1 heterocycles. The molecular formula is C28H27BrN4O2. The smallest absolute Gasteiger partial charge is 0.270 e. The van der Waals surface area contributed by atoms with Crippen molar-refractivity contribution in [2.45, 2.75) is 25.9 Å². The minimum Gasteiger partial charge on any atom is -0.357 e. The van der Waals surface area contributed by atoms with E-state index in [1.165, 1.54) is 0 Å². The summed E-state index contributed by atoms with van der Waals surface area (Å²) in [6, 6.07) is 26.6. The maximum atomic E-state index is 13.5. The standard InChI is InChI=1S/C28H27BrN4O2/c1-19-8-6-10-21(14-19)18-33-26(17-24(32-33)22-11-4-3-5-12-22)28(35)31-25(27(34)30-2)16-20-9-7-13-23(29)15-20/h3-15,17,25H,16,18H2,1-2H3,(H,30,34)(H,31,35). The van der Waals surface area contributed by atoms with Crippen molar-refractivity contribution in [3.63, 3.8) is 0 Å². The summed E-state index contributed by atoms with van der Waals surface area (Å²) in [5.74, 6) is -0.609. The summed E-state index contributed by atoms with van der Waals surface area (Å²) in [4.78, 5) is 26.1. The fourth-order valence-corrected chi connectivity index (χ4v) is 4.42. The molecule has 3 aromatic carbocycles. The van der Waals surface area contributed by atoms with Crippen LogP contribution in [-0.4, -0.2) is 34.7 Å². The van der Waals surface area contributed by atoms with E-state index in [4.69, 9.17) is 5.10 Å². The highest BCUT2D eigenvalue weighted by Gasteiger charge is 2.24. The van der Waals surface area contributed by atoms with E-state index in [0.717, 1.165) is 26.7 Å². The van der Waals surface area contributed by atoms with E-state index in [9.17, 15) is 9.59 Å². The van der Waals surface area contributed by atoms with Gasteiger partial charge in [0.25, 0.3) is 5.91 Å². The Balaban J connectivity index is 1.65. The first-order chi connectivity index (χ1) is 16.9. The van der Waals surface area contributed by atoms with Gasteiger partial charge in [-0.1, -0.05) is 88.2 Å². The second-order valence-electron chi connectivity index (χ2n) is 8.40. The second-order valence-corrected chi connectivity index (χ2v) is 9.32. The average molecular weight is 531 g/mol. The molecule has 4 aromatic rings. The SMILES string of the molecule is CNC(=O)C(Cc1cccc(Br)c1)NC(=O)c1cc(-c2ccccc2)nn1Cc1cccc(C)c1. The van der Waals surface area contributed by atoms with Crippen molar-refractivity contribution < 1.29 is 9.59 Å². The Labute approximate surface area is 213 Å². The normalized spacial score (nSPS) is 11.6. The number of hydrogen-bond acceptors (Lipinski definition) is 3. The molecule has 1 atom stereocenters. The number of rotatable bonds is 8. The van der Waals surface area contributed by atoms with Gasteiger partial charge in [0.15, 0.2) is 0 Å². The molecular weight excluding hydrogens is 504 g/mol. The first-order valence-corrected chi connectivity index (χ1v) is 12.2. The van der Waals surface area contributed by atoms with E-state index in [2.05, 4.69) is 32.6 Å². The second kappa shape index (κ2) is 11.1. The molecule has 0 spiro atoms. The molecule has 0 aliphatic rings. The lowest BCUT2D eigenvalue weighted by atomic mass is 10.0. The van der Waals surface area contributed by atoms with E-state index in [1.54, 1.807) is 17.8 Å². The number of amides is 2. The van der Waals surface area contributed by atoms with Crippen molar-refractivity contribution in [3.8, 4) is 11.3 Å². The summed E-state index contributed by atoms with van der Waals surface area (Å²) in [6.45, 7) is 2.47. The Morgan fingerprint density at radius 3 is 2.40 bits per heavy atom. The molecule has 178 valence electrons. The lowest BCUT2D eigenvalue weighted by Crippen LogP contribution is -2.47. The number of hydrogen-bond donors (Lipinski definition) is 2. The van der Waals surface area contributed by atoms with Gasteiger partial charge in [0.1, 0.15) is 11.7 Å². The van der Waals surface area contributed by atoms with Gasteiger partial charge in [-0.15, -0.1) is 0 Å². The molecule has 0 fully saturated rings. The largest absolute Gasteiger partial charge is 0.357 e. The van der Waals surface area contributed by atoms with E-state index < -0.39 is 6.04 Å². The first-order valence-electron chi connectivity index (χ1n) is 11.4. The van der Waals surface area contributed by atoms with Gasteiger partial charge in [-0.25, -0.2) is 0 Å². The minimum atomic E-state index is -0.732. The molecule has 4 rings (SSSR count). The Bertz CT molecular complexity index is 1330. The van der Waals surface area contributed by atoms with Crippen LogP contribution in [0.4, 0.5) is 0 Å². The molecule has 1 aromatic heterocycles. The van der Waals surface area contributed by atoms with Crippen molar-refractivity contribution in [1.82, 2.24) is 20.4 Å². The van der Waals surface area contributed by atoms with Crippen molar-refractivity contribution in [3.05, 3.63) is 112 Å². The van der Waals surface area contributed by atoms with Crippen molar-refractivity contribution in [2.75, 3.05) is 7.05 Å². The van der Waals surface area contributed by atoms with Gasteiger partial charge in [-0.2, -0.15) is 5.10 Å².